The van der Waals surface area contributed by atoms with Gasteiger partial charge in [-0.3, -0.25) is 19.2 Å². The SMILES string of the molecule is O=c1ccn([C@@H]2NC3(CO)OC3[C@@H]2O)c(=O)n1CCc1ccc(Cl)cc1. The monoisotopic (exact) mass is 379 g/mol. The number of rotatable bonds is 5. The van der Waals surface area contributed by atoms with Crippen LogP contribution in [0, 0.1) is 0 Å². The molecule has 0 saturated carbocycles. The van der Waals surface area contributed by atoms with Gasteiger partial charge in [0.1, 0.15) is 18.4 Å². The zero-order chi connectivity index (χ0) is 18.5. The molecule has 0 amide bonds. The molecule has 4 rings (SSSR count). The lowest BCUT2D eigenvalue weighted by atomic mass is 10.1. The minimum Gasteiger partial charge on any atom is -0.392 e. The van der Waals surface area contributed by atoms with Gasteiger partial charge in [0, 0.05) is 23.8 Å². The van der Waals surface area contributed by atoms with E-state index >= 15 is 0 Å². The Kier molecular flexibility index (Phi) is 4.25. The van der Waals surface area contributed by atoms with Crippen molar-refractivity contribution in [2.24, 2.45) is 0 Å². The van der Waals surface area contributed by atoms with E-state index in [1.807, 2.05) is 12.1 Å². The zero-order valence-electron chi connectivity index (χ0n) is 13.7. The average Bonchev–Trinajstić information content (AvgIpc) is 3.29. The van der Waals surface area contributed by atoms with Gasteiger partial charge in [-0.1, -0.05) is 23.7 Å². The Morgan fingerprint density at radius 2 is 1.96 bits per heavy atom. The summed E-state index contributed by atoms with van der Waals surface area (Å²) in [7, 11) is 0. The second-order valence-electron chi connectivity index (χ2n) is 6.54. The molecule has 2 aliphatic heterocycles. The smallest absolute Gasteiger partial charge is 0.332 e. The van der Waals surface area contributed by atoms with Gasteiger partial charge in [-0.05, 0) is 24.1 Å². The van der Waals surface area contributed by atoms with Crippen LogP contribution in [0.5, 0.6) is 0 Å². The van der Waals surface area contributed by atoms with Crippen molar-refractivity contribution in [3.05, 3.63) is 68.0 Å². The summed E-state index contributed by atoms with van der Waals surface area (Å²) in [6.07, 6.45) is -0.500. The third-order valence-corrected chi connectivity index (χ3v) is 5.18. The topological polar surface area (TPSA) is 109 Å². The van der Waals surface area contributed by atoms with Crippen LogP contribution in [0.4, 0.5) is 0 Å². The van der Waals surface area contributed by atoms with Crippen LogP contribution < -0.4 is 16.6 Å². The predicted octanol–water partition coefficient (Wildman–Crippen LogP) is -0.544. The Balaban J connectivity index is 1.59. The summed E-state index contributed by atoms with van der Waals surface area (Å²) < 4.78 is 7.65. The van der Waals surface area contributed by atoms with Crippen LogP contribution in [0.1, 0.15) is 11.7 Å². The van der Waals surface area contributed by atoms with E-state index in [0.29, 0.717) is 11.4 Å². The van der Waals surface area contributed by atoms with Crippen molar-refractivity contribution in [2.45, 2.75) is 37.1 Å². The van der Waals surface area contributed by atoms with Crippen molar-refractivity contribution in [2.75, 3.05) is 6.61 Å². The average molecular weight is 380 g/mol. The summed E-state index contributed by atoms with van der Waals surface area (Å²) in [6, 6.07) is 8.47. The first-order valence-electron chi connectivity index (χ1n) is 8.26. The summed E-state index contributed by atoms with van der Waals surface area (Å²) in [6.45, 7) is -0.107. The number of aryl methyl sites for hydroxylation is 1. The highest BCUT2D eigenvalue weighted by atomic mass is 35.5. The molecule has 8 nitrogen and oxygen atoms in total. The fraction of sp³-hybridized carbons (Fsp3) is 0.412. The van der Waals surface area contributed by atoms with Gasteiger partial charge < -0.3 is 14.9 Å². The molecule has 3 heterocycles. The lowest BCUT2D eigenvalue weighted by molar-refractivity contribution is 0.0344. The van der Waals surface area contributed by atoms with E-state index in [4.69, 9.17) is 16.3 Å². The molecule has 9 heteroatoms. The lowest BCUT2D eigenvalue weighted by Crippen LogP contribution is -2.47. The molecule has 3 N–H and O–H groups in total. The molecule has 2 aliphatic rings. The minimum absolute atomic E-state index is 0.202. The van der Waals surface area contributed by atoms with Gasteiger partial charge in [0.2, 0.25) is 0 Å². The van der Waals surface area contributed by atoms with Crippen LogP contribution >= 0.6 is 11.6 Å². The Labute approximate surface area is 153 Å². The molecule has 138 valence electrons. The highest BCUT2D eigenvalue weighted by molar-refractivity contribution is 6.30. The highest BCUT2D eigenvalue weighted by Crippen LogP contribution is 2.45. The number of fused-ring (bicyclic) bond motifs is 1. The van der Waals surface area contributed by atoms with Crippen LogP contribution in [-0.4, -0.2) is 43.9 Å². The number of epoxide rings is 1. The number of halogens is 1. The molecule has 2 saturated heterocycles. The van der Waals surface area contributed by atoms with Crippen LogP contribution in [0.15, 0.2) is 46.1 Å². The van der Waals surface area contributed by atoms with E-state index in [0.717, 1.165) is 10.1 Å². The number of hydrogen-bond acceptors (Lipinski definition) is 6. The second-order valence-corrected chi connectivity index (χ2v) is 6.97. The summed E-state index contributed by atoms with van der Waals surface area (Å²) in [5.74, 6) is 0. The summed E-state index contributed by atoms with van der Waals surface area (Å²) in [5.41, 5.74) is -0.999. The molecule has 1 aromatic carbocycles. The second kappa shape index (κ2) is 6.33. The molecular weight excluding hydrogens is 362 g/mol. The molecule has 0 aliphatic carbocycles. The van der Waals surface area contributed by atoms with Crippen molar-refractivity contribution < 1.29 is 14.9 Å². The Morgan fingerprint density at radius 3 is 2.62 bits per heavy atom. The number of nitrogens with one attached hydrogen (secondary N) is 1. The predicted molar refractivity (Wildman–Crippen MR) is 93.0 cm³/mol. The largest absolute Gasteiger partial charge is 0.392 e. The Morgan fingerprint density at radius 1 is 1.23 bits per heavy atom. The summed E-state index contributed by atoms with van der Waals surface area (Å²) in [4.78, 5) is 24.9. The van der Waals surface area contributed by atoms with Crippen molar-refractivity contribution in [1.29, 1.82) is 0 Å². The Hall–Kier alpha value is -1.97. The maximum atomic E-state index is 12.8. The normalized spacial score (nSPS) is 29.6. The molecule has 1 aromatic heterocycles. The molecule has 0 radical (unpaired) electrons. The number of hydrogen-bond donors (Lipinski definition) is 3. The first-order chi connectivity index (χ1) is 12.4. The number of benzene rings is 1. The van der Waals surface area contributed by atoms with E-state index in [-0.39, 0.29) is 13.2 Å². The molecule has 26 heavy (non-hydrogen) atoms. The van der Waals surface area contributed by atoms with Gasteiger partial charge in [0.05, 0.1) is 6.61 Å². The molecule has 0 spiro atoms. The third-order valence-electron chi connectivity index (χ3n) is 4.93. The van der Waals surface area contributed by atoms with E-state index in [1.165, 1.54) is 16.8 Å². The van der Waals surface area contributed by atoms with Crippen molar-refractivity contribution >= 4 is 11.6 Å². The lowest BCUT2D eigenvalue weighted by Gasteiger charge is -2.22. The highest BCUT2D eigenvalue weighted by Gasteiger charge is 2.68. The van der Waals surface area contributed by atoms with Gasteiger partial charge in [0.15, 0.2) is 5.72 Å². The van der Waals surface area contributed by atoms with E-state index in [9.17, 15) is 19.8 Å². The number of aliphatic hydroxyl groups excluding tert-OH is 2. The number of aliphatic hydroxyl groups is 2. The molecule has 0 bridgehead atoms. The molecule has 2 aromatic rings. The molecular formula is C17H18ClN3O5. The van der Waals surface area contributed by atoms with Crippen molar-refractivity contribution in [1.82, 2.24) is 14.5 Å². The number of aromatic nitrogens is 2. The van der Waals surface area contributed by atoms with Gasteiger partial charge in [-0.2, -0.15) is 0 Å². The fourth-order valence-corrected chi connectivity index (χ4v) is 3.53. The minimum atomic E-state index is -1.01. The fourth-order valence-electron chi connectivity index (χ4n) is 3.40. The van der Waals surface area contributed by atoms with Crippen LogP contribution in [0.2, 0.25) is 5.02 Å². The standard InChI is InChI=1S/C17H18ClN3O5/c18-11-3-1-10(2-4-11)5-7-20-12(23)6-8-21(16(20)25)15-13(24)14-17(9-22,19-15)26-14/h1-4,6,8,13-15,19,22,24H,5,7,9H2/t13-,14?,15-,17?/m0/s1. The first-order valence-corrected chi connectivity index (χ1v) is 8.64. The zero-order valence-corrected chi connectivity index (χ0v) is 14.5. The first kappa shape index (κ1) is 17.4. The van der Waals surface area contributed by atoms with Crippen molar-refractivity contribution in [3.8, 4) is 0 Å². The van der Waals surface area contributed by atoms with E-state index in [1.54, 1.807) is 12.1 Å². The van der Waals surface area contributed by atoms with Crippen LogP contribution in [-0.2, 0) is 17.7 Å². The quantitative estimate of drug-likeness (QED) is 0.602. The van der Waals surface area contributed by atoms with Crippen LogP contribution in [0.25, 0.3) is 0 Å². The van der Waals surface area contributed by atoms with Crippen molar-refractivity contribution in [3.63, 3.8) is 0 Å². The number of nitrogens with zero attached hydrogens (tertiary/aromatic N) is 2. The number of ether oxygens (including phenoxy) is 1. The summed E-state index contributed by atoms with van der Waals surface area (Å²) >= 11 is 5.86. The molecule has 2 fully saturated rings. The van der Waals surface area contributed by atoms with Gasteiger partial charge in [0.25, 0.3) is 5.56 Å². The van der Waals surface area contributed by atoms with Crippen LogP contribution in [0.3, 0.4) is 0 Å². The van der Waals surface area contributed by atoms with Gasteiger partial charge in [-0.25, -0.2) is 4.79 Å². The maximum Gasteiger partial charge on any atom is 0.332 e. The third kappa shape index (κ3) is 2.80. The van der Waals surface area contributed by atoms with Gasteiger partial charge >= 0.3 is 5.69 Å². The van der Waals surface area contributed by atoms with E-state index in [2.05, 4.69) is 5.32 Å². The van der Waals surface area contributed by atoms with E-state index < -0.39 is 35.3 Å². The molecule has 4 atom stereocenters. The molecule has 2 unspecified atom stereocenters. The summed E-state index contributed by atoms with van der Waals surface area (Å²) in [5, 5.41) is 23.3. The van der Waals surface area contributed by atoms with Gasteiger partial charge in [-0.15, -0.1) is 0 Å². The Bertz CT molecular complexity index is 941. The maximum absolute atomic E-state index is 12.8.